The fraction of sp³-hybridized carbons (Fsp3) is 0.385. The number of nitrogens with one attached hydrogen (secondary N) is 1. The molecular formula is C13H16N2O6. The highest BCUT2D eigenvalue weighted by Gasteiger charge is 2.18. The number of anilines is 1. The summed E-state index contributed by atoms with van der Waals surface area (Å²) in [5.41, 5.74) is 0.241. The fourth-order valence-electron chi connectivity index (χ4n) is 1.55. The Kier molecular flexibility index (Phi) is 6.12. The van der Waals surface area contributed by atoms with E-state index in [-0.39, 0.29) is 18.7 Å². The number of carbonyl (C=O) groups excluding carboxylic acids is 2. The third-order valence-electron chi connectivity index (χ3n) is 2.59. The van der Waals surface area contributed by atoms with Crippen LogP contribution in [0.1, 0.15) is 13.3 Å². The van der Waals surface area contributed by atoms with E-state index in [1.54, 1.807) is 18.2 Å². The molecule has 0 radical (unpaired) electrons. The van der Waals surface area contributed by atoms with Crippen LogP contribution in [0.15, 0.2) is 24.3 Å². The lowest BCUT2D eigenvalue weighted by atomic mass is 10.2. The second kappa shape index (κ2) is 7.83. The largest absolute Gasteiger partial charge is 0.466 e. The Bertz CT molecular complexity index is 531. The van der Waals surface area contributed by atoms with Crippen LogP contribution in [-0.2, 0) is 19.1 Å². The van der Waals surface area contributed by atoms with Gasteiger partial charge in [0.1, 0.15) is 5.69 Å². The number of hydrogen-bond acceptors (Lipinski definition) is 7. The highest BCUT2D eigenvalue weighted by molar-refractivity contribution is 5.79. The molecule has 0 saturated carbocycles. The number of hydrogen-bond donors (Lipinski definition) is 1. The number of ether oxygens (including phenoxy) is 2. The molecule has 1 rings (SSSR count). The van der Waals surface area contributed by atoms with Crippen LogP contribution in [0.3, 0.4) is 0 Å². The predicted octanol–water partition coefficient (Wildman–Crippen LogP) is 1.50. The van der Waals surface area contributed by atoms with E-state index in [9.17, 15) is 19.7 Å². The van der Waals surface area contributed by atoms with Gasteiger partial charge in [-0.05, 0) is 13.0 Å². The van der Waals surface area contributed by atoms with Crippen molar-refractivity contribution in [2.75, 3.05) is 19.0 Å². The SMILES string of the molecule is COC(=O)C(C)OC(=O)CCNc1ccccc1[N+](=O)[O-]. The summed E-state index contributed by atoms with van der Waals surface area (Å²) in [6.45, 7) is 1.55. The van der Waals surface area contributed by atoms with Crippen molar-refractivity contribution in [3.63, 3.8) is 0 Å². The van der Waals surface area contributed by atoms with Crippen molar-refractivity contribution in [2.24, 2.45) is 0 Å². The second-order valence-electron chi connectivity index (χ2n) is 4.11. The summed E-state index contributed by atoms with van der Waals surface area (Å²) in [4.78, 5) is 32.8. The first-order valence-corrected chi connectivity index (χ1v) is 6.20. The van der Waals surface area contributed by atoms with Gasteiger partial charge in [0.2, 0.25) is 0 Å². The quantitative estimate of drug-likeness (QED) is 0.461. The Balaban J connectivity index is 2.45. The molecule has 1 aromatic carbocycles. The topological polar surface area (TPSA) is 108 Å². The van der Waals surface area contributed by atoms with E-state index in [0.29, 0.717) is 5.69 Å². The van der Waals surface area contributed by atoms with Crippen molar-refractivity contribution >= 4 is 23.3 Å². The first-order valence-electron chi connectivity index (χ1n) is 6.20. The Morgan fingerprint density at radius 3 is 2.67 bits per heavy atom. The molecule has 114 valence electrons. The molecule has 0 aliphatic heterocycles. The molecule has 21 heavy (non-hydrogen) atoms. The van der Waals surface area contributed by atoms with Crippen LogP contribution in [0, 0.1) is 10.1 Å². The van der Waals surface area contributed by atoms with Gasteiger partial charge in [0.25, 0.3) is 5.69 Å². The highest BCUT2D eigenvalue weighted by Crippen LogP contribution is 2.22. The summed E-state index contributed by atoms with van der Waals surface area (Å²) >= 11 is 0. The van der Waals surface area contributed by atoms with E-state index in [1.165, 1.54) is 20.1 Å². The molecule has 8 nitrogen and oxygen atoms in total. The Labute approximate surface area is 121 Å². The minimum atomic E-state index is -0.978. The van der Waals surface area contributed by atoms with E-state index in [4.69, 9.17) is 4.74 Å². The molecule has 0 spiro atoms. The van der Waals surface area contributed by atoms with Crippen molar-refractivity contribution in [1.82, 2.24) is 0 Å². The lowest BCUT2D eigenvalue weighted by Crippen LogP contribution is -2.26. The number of esters is 2. The summed E-state index contributed by atoms with van der Waals surface area (Å²) in [6.07, 6.45) is -1.01. The maximum absolute atomic E-state index is 11.5. The molecule has 1 N–H and O–H groups in total. The average molecular weight is 296 g/mol. The third-order valence-corrected chi connectivity index (χ3v) is 2.59. The van der Waals surface area contributed by atoms with Gasteiger partial charge < -0.3 is 14.8 Å². The summed E-state index contributed by atoms with van der Waals surface area (Å²) in [7, 11) is 1.20. The first-order chi connectivity index (χ1) is 9.95. The first kappa shape index (κ1) is 16.4. The van der Waals surface area contributed by atoms with Crippen molar-refractivity contribution in [2.45, 2.75) is 19.4 Å². The van der Waals surface area contributed by atoms with E-state index >= 15 is 0 Å². The van der Waals surface area contributed by atoms with Gasteiger partial charge in [-0.1, -0.05) is 12.1 Å². The molecule has 0 heterocycles. The molecule has 0 amide bonds. The van der Waals surface area contributed by atoms with Crippen molar-refractivity contribution in [3.05, 3.63) is 34.4 Å². The number of rotatable bonds is 7. The minimum Gasteiger partial charge on any atom is -0.466 e. The van der Waals surface area contributed by atoms with E-state index in [1.807, 2.05) is 0 Å². The van der Waals surface area contributed by atoms with Crippen LogP contribution >= 0.6 is 0 Å². The Morgan fingerprint density at radius 1 is 1.38 bits per heavy atom. The van der Waals surface area contributed by atoms with Gasteiger partial charge in [-0.3, -0.25) is 14.9 Å². The lowest BCUT2D eigenvalue weighted by molar-refractivity contribution is -0.384. The van der Waals surface area contributed by atoms with Crippen LogP contribution in [0.25, 0.3) is 0 Å². The normalized spacial score (nSPS) is 11.3. The molecule has 0 aliphatic carbocycles. The molecule has 1 aromatic rings. The van der Waals surface area contributed by atoms with Gasteiger partial charge >= 0.3 is 11.9 Å². The van der Waals surface area contributed by atoms with Gasteiger partial charge in [-0.2, -0.15) is 0 Å². The zero-order valence-electron chi connectivity index (χ0n) is 11.7. The molecule has 0 bridgehead atoms. The maximum atomic E-state index is 11.5. The molecule has 1 atom stereocenters. The summed E-state index contributed by atoms with van der Waals surface area (Å²) in [6, 6.07) is 6.10. The molecule has 0 saturated heterocycles. The summed E-state index contributed by atoms with van der Waals surface area (Å²) in [5, 5.41) is 13.6. The van der Waals surface area contributed by atoms with Crippen LogP contribution < -0.4 is 5.32 Å². The van der Waals surface area contributed by atoms with Crippen LogP contribution in [0.4, 0.5) is 11.4 Å². The monoisotopic (exact) mass is 296 g/mol. The predicted molar refractivity (Wildman–Crippen MR) is 73.8 cm³/mol. The third kappa shape index (κ3) is 5.09. The lowest BCUT2D eigenvalue weighted by Gasteiger charge is -2.11. The van der Waals surface area contributed by atoms with E-state index in [2.05, 4.69) is 10.1 Å². The minimum absolute atomic E-state index is 0.0343. The zero-order valence-corrected chi connectivity index (χ0v) is 11.7. The van der Waals surface area contributed by atoms with Gasteiger partial charge in [-0.15, -0.1) is 0 Å². The van der Waals surface area contributed by atoms with E-state index in [0.717, 1.165) is 0 Å². The molecule has 0 aliphatic rings. The summed E-state index contributed by atoms with van der Waals surface area (Å²) < 4.78 is 9.25. The number of nitro groups is 1. The maximum Gasteiger partial charge on any atom is 0.346 e. The zero-order chi connectivity index (χ0) is 15.8. The number of nitrogens with zero attached hydrogens (tertiary/aromatic N) is 1. The van der Waals surface area contributed by atoms with Crippen molar-refractivity contribution in [3.8, 4) is 0 Å². The van der Waals surface area contributed by atoms with Crippen LogP contribution in [-0.4, -0.2) is 36.6 Å². The molecule has 1 unspecified atom stereocenters. The average Bonchev–Trinajstić information content (AvgIpc) is 2.46. The van der Waals surface area contributed by atoms with Gasteiger partial charge in [-0.25, -0.2) is 4.79 Å². The van der Waals surface area contributed by atoms with Gasteiger partial charge in [0, 0.05) is 12.6 Å². The fourth-order valence-corrected chi connectivity index (χ4v) is 1.55. The summed E-state index contributed by atoms with van der Waals surface area (Å²) in [5.74, 6) is -1.24. The molecule has 0 fully saturated rings. The van der Waals surface area contributed by atoms with E-state index < -0.39 is 23.0 Å². The molecular weight excluding hydrogens is 280 g/mol. The standard InChI is InChI=1S/C13H16N2O6/c1-9(13(17)20-2)21-12(16)7-8-14-10-5-3-4-6-11(10)15(18)19/h3-6,9,14H,7-8H2,1-2H3. The molecule has 0 aromatic heterocycles. The Hall–Kier alpha value is -2.64. The van der Waals surface area contributed by atoms with Gasteiger partial charge in [0.15, 0.2) is 6.10 Å². The number of benzene rings is 1. The second-order valence-corrected chi connectivity index (χ2v) is 4.11. The van der Waals surface area contributed by atoms with Gasteiger partial charge in [0.05, 0.1) is 18.5 Å². The highest BCUT2D eigenvalue weighted by atomic mass is 16.6. The molecule has 8 heteroatoms. The Morgan fingerprint density at radius 2 is 2.05 bits per heavy atom. The number of nitro benzene ring substituents is 1. The van der Waals surface area contributed by atoms with Crippen LogP contribution in [0.5, 0.6) is 0 Å². The number of para-hydroxylation sites is 2. The smallest absolute Gasteiger partial charge is 0.346 e. The van der Waals surface area contributed by atoms with Crippen molar-refractivity contribution in [1.29, 1.82) is 0 Å². The number of carbonyl (C=O) groups is 2. The number of methoxy groups -OCH3 is 1. The van der Waals surface area contributed by atoms with Crippen LogP contribution in [0.2, 0.25) is 0 Å². The van der Waals surface area contributed by atoms with Crippen molar-refractivity contribution < 1.29 is 24.0 Å².